The summed E-state index contributed by atoms with van der Waals surface area (Å²) in [6, 6.07) is 4.08. The van der Waals surface area contributed by atoms with Crippen LogP contribution in [0.3, 0.4) is 0 Å². The van der Waals surface area contributed by atoms with Gasteiger partial charge in [-0.3, -0.25) is 9.59 Å². The van der Waals surface area contributed by atoms with Crippen molar-refractivity contribution in [1.29, 1.82) is 0 Å². The van der Waals surface area contributed by atoms with Crippen molar-refractivity contribution >= 4 is 23.4 Å². The van der Waals surface area contributed by atoms with E-state index in [1.54, 1.807) is 13.2 Å². The second-order valence-electron chi connectivity index (χ2n) is 7.42. The van der Waals surface area contributed by atoms with Crippen molar-refractivity contribution < 1.29 is 18.7 Å². The van der Waals surface area contributed by atoms with Crippen molar-refractivity contribution in [3.8, 4) is 0 Å². The molecule has 1 saturated heterocycles. The molecule has 2 aliphatic rings. The molecule has 5 nitrogen and oxygen atoms in total. The molecular weight excluding hydrogens is 371 g/mol. The van der Waals surface area contributed by atoms with Gasteiger partial charge in [0.05, 0.1) is 12.0 Å². The molecule has 0 aromatic heterocycles. The predicted octanol–water partition coefficient (Wildman–Crippen LogP) is 3.29. The predicted molar refractivity (Wildman–Crippen MR) is 101 cm³/mol. The van der Waals surface area contributed by atoms with Crippen LogP contribution in [0.25, 0.3) is 0 Å². The summed E-state index contributed by atoms with van der Waals surface area (Å²) in [5, 5.41) is 3.29. The fraction of sp³-hybridized carbons (Fsp3) is 0.600. The number of amides is 2. The molecule has 7 heteroatoms. The van der Waals surface area contributed by atoms with Gasteiger partial charge in [0.15, 0.2) is 0 Å². The minimum atomic E-state index is -0.563. The molecule has 1 aliphatic heterocycles. The average Bonchev–Trinajstić information content (AvgIpc) is 2.66. The summed E-state index contributed by atoms with van der Waals surface area (Å²) in [7, 11) is 1.61. The number of methoxy groups -OCH3 is 1. The maximum atomic E-state index is 13.2. The lowest BCUT2D eigenvalue weighted by molar-refractivity contribution is -0.156. The van der Waals surface area contributed by atoms with Gasteiger partial charge in [0.2, 0.25) is 11.8 Å². The van der Waals surface area contributed by atoms with Crippen molar-refractivity contribution in [3.63, 3.8) is 0 Å². The molecule has 0 unspecified atom stereocenters. The number of carbonyl (C=O) groups is 2. The number of piperidine rings is 1. The van der Waals surface area contributed by atoms with Gasteiger partial charge in [0.1, 0.15) is 5.82 Å². The highest BCUT2D eigenvalue weighted by atomic mass is 35.5. The van der Waals surface area contributed by atoms with Gasteiger partial charge in [0.25, 0.3) is 0 Å². The van der Waals surface area contributed by atoms with Gasteiger partial charge in [0, 0.05) is 37.7 Å². The number of fused-ring (bicyclic) bond motifs is 1. The number of likely N-dealkylation sites (tertiary alicyclic amines) is 1. The van der Waals surface area contributed by atoms with Crippen molar-refractivity contribution in [2.75, 3.05) is 20.3 Å². The molecule has 0 bridgehead atoms. The van der Waals surface area contributed by atoms with Gasteiger partial charge >= 0.3 is 0 Å². The van der Waals surface area contributed by atoms with E-state index in [9.17, 15) is 14.0 Å². The van der Waals surface area contributed by atoms with Gasteiger partial charge in [-0.1, -0.05) is 30.5 Å². The molecule has 2 amide bonds. The highest BCUT2D eigenvalue weighted by Crippen LogP contribution is 2.46. The summed E-state index contributed by atoms with van der Waals surface area (Å²) in [6.45, 7) is 1.22. The van der Waals surface area contributed by atoms with Crippen LogP contribution in [0.5, 0.6) is 0 Å². The summed E-state index contributed by atoms with van der Waals surface area (Å²) in [5.41, 5.74) is 0.116. The molecule has 2 fully saturated rings. The largest absolute Gasteiger partial charge is 0.383 e. The summed E-state index contributed by atoms with van der Waals surface area (Å²) >= 11 is 6.08. The van der Waals surface area contributed by atoms with Gasteiger partial charge < -0.3 is 15.0 Å². The van der Waals surface area contributed by atoms with Gasteiger partial charge in [-0.2, -0.15) is 0 Å². The Morgan fingerprint density at radius 2 is 2.22 bits per heavy atom. The maximum absolute atomic E-state index is 13.2. The molecule has 3 rings (SSSR count). The topological polar surface area (TPSA) is 58.6 Å². The van der Waals surface area contributed by atoms with Crippen LogP contribution in [0.1, 0.15) is 44.1 Å². The number of hydrogen-bond donors (Lipinski definition) is 1. The fourth-order valence-electron chi connectivity index (χ4n) is 4.48. The summed E-state index contributed by atoms with van der Waals surface area (Å²) in [4.78, 5) is 27.5. The monoisotopic (exact) mass is 396 g/mol. The van der Waals surface area contributed by atoms with E-state index in [4.69, 9.17) is 16.3 Å². The molecular formula is C20H26ClFN2O3. The Balaban J connectivity index is 1.76. The third-order valence-electron chi connectivity index (χ3n) is 5.91. The molecule has 1 aromatic carbocycles. The number of carbonyl (C=O) groups excluding carboxylic acids is 2. The Labute approximate surface area is 164 Å². The number of benzene rings is 1. The van der Waals surface area contributed by atoms with Crippen LogP contribution in [0.4, 0.5) is 4.39 Å². The third-order valence-corrected chi connectivity index (χ3v) is 6.26. The van der Waals surface area contributed by atoms with E-state index in [0.29, 0.717) is 36.6 Å². The number of nitrogens with one attached hydrogen (secondary N) is 1. The van der Waals surface area contributed by atoms with Crippen molar-refractivity contribution in [1.82, 2.24) is 10.2 Å². The molecule has 148 valence electrons. The SMILES string of the molecule is COCCN1C(=O)CC[C@]2(C(=O)NCc3ccc(F)cc3Cl)CCCC[C@@H]12. The highest BCUT2D eigenvalue weighted by molar-refractivity contribution is 6.31. The lowest BCUT2D eigenvalue weighted by atomic mass is 9.64. The minimum absolute atomic E-state index is 0.0393. The van der Waals surface area contributed by atoms with Crippen LogP contribution in [0, 0.1) is 11.2 Å². The molecule has 1 aliphatic carbocycles. The smallest absolute Gasteiger partial charge is 0.228 e. The lowest BCUT2D eigenvalue weighted by Crippen LogP contribution is -2.62. The van der Waals surface area contributed by atoms with E-state index >= 15 is 0 Å². The number of ether oxygens (including phenoxy) is 1. The Morgan fingerprint density at radius 3 is 2.96 bits per heavy atom. The summed E-state index contributed by atoms with van der Waals surface area (Å²) in [6.07, 6.45) is 4.55. The Bertz CT molecular complexity index is 714. The molecule has 1 saturated carbocycles. The first-order chi connectivity index (χ1) is 13.0. The molecule has 1 N–H and O–H groups in total. The molecule has 2 atom stereocenters. The van der Waals surface area contributed by atoms with E-state index in [-0.39, 0.29) is 24.4 Å². The van der Waals surface area contributed by atoms with E-state index < -0.39 is 11.2 Å². The summed E-state index contributed by atoms with van der Waals surface area (Å²) in [5.74, 6) is -0.341. The van der Waals surface area contributed by atoms with Gasteiger partial charge in [-0.05, 0) is 37.0 Å². The Hall–Kier alpha value is -1.66. The number of nitrogens with zero attached hydrogens (tertiary/aromatic N) is 1. The molecule has 1 aromatic rings. The number of rotatable bonds is 6. The first kappa shape index (κ1) is 20.1. The standard InChI is InChI=1S/C20H26ClFN2O3/c1-27-11-10-24-17-4-2-3-8-20(17,9-7-18(24)25)19(26)23-13-14-5-6-15(22)12-16(14)21/h5-6,12,17H,2-4,7-11,13H2,1H3,(H,23,26)/t17-,20-/m1/s1. The zero-order valence-corrected chi connectivity index (χ0v) is 16.4. The van der Waals surface area contributed by atoms with Crippen molar-refractivity contribution in [2.45, 2.75) is 51.1 Å². The average molecular weight is 397 g/mol. The molecule has 0 radical (unpaired) electrons. The van der Waals surface area contributed by atoms with E-state index in [2.05, 4.69) is 5.32 Å². The molecule has 1 heterocycles. The third kappa shape index (κ3) is 4.11. The van der Waals surface area contributed by atoms with E-state index in [0.717, 1.165) is 25.7 Å². The molecule has 27 heavy (non-hydrogen) atoms. The Kier molecular flexibility index (Phi) is 6.37. The first-order valence-corrected chi connectivity index (χ1v) is 9.86. The van der Waals surface area contributed by atoms with Crippen LogP contribution >= 0.6 is 11.6 Å². The Morgan fingerprint density at radius 1 is 1.41 bits per heavy atom. The van der Waals surface area contributed by atoms with Crippen LogP contribution in [-0.4, -0.2) is 43.0 Å². The normalized spacial score (nSPS) is 25.2. The van der Waals surface area contributed by atoms with Crippen LogP contribution in [0.15, 0.2) is 18.2 Å². The minimum Gasteiger partial charge on any atom is -0.383 e. The zero-order valence-electron chi connectivity index (χ0n) is 15.6. The quantitative estimate of drug-likeness (QED) is 0.802. The number of hydrogen-bond acceptors (Lipinski definition) is 3. The second kappa shape index (κ2) is 8.57. The maximum Gasteiger partial charge on any atom is 0.228 e. The fourth-order valence-corrected chi connectivity index (χ4v) is 4.71. The highest BCUT2D eigenvalue weighted by Gasteiger charge is 2.52. The number of halogens is 2. The lowest BCUT2D eigenvalue weighted by Gasteiger charge is -2.51. The summed E-state index contributed by atoms with van der Waals surface area (Å²) < 4.78 is 18.4. The van der Waals surface area contributed by atoms with Crippen molar-refractivity contribution in [3.05, 3.63) is 34.6 Å². The second-order valence-corrected chi connectivity index (χ2v) is 7.82. The zero-order chi connectivity index (χ0) is 19.4. The van der Waals surface area contributed by atoms with Gasteiger partial charge in [-0.15, -0.1) is 0 Å². The van der Waals surface area contributed by atoms with E-state index in [1.165, 1.54) is 12.1 Å². The van der Waals surface area contributed by atoms with Crippen LogP contribution in [0.2, 0.25) is 5.02 Å². The van der Waals surface area contributed by atoms with Crippen LogP contribution < -0.4 is 5.32 Å². The van der Waals surface area contributed by atoms with Crippen LogP contribution in [-0.2, 0) is 20.9 Å². The van der Waals surface area contributed by atoms with Crippen molar-refractivity contribution in [2.24, 2.45) is 5.41 Å². The first-order valence-electron chi connectivity index (χ1n) is 9.48. The molecule has 0 spiro atoms. The van der Waals surface area contributed by atoms with Gasteiger partial charge in [-0.25, -0.2) is 4.39 Å². The van der Waals surface area contributed by atoms with E-state index in [1.807, 2.05) is 4.90 Å².